The number of ether oxygens (including phenoxy) is 1. The van der Waals surface area contributed by atoms with Gasteiger partial charge in [0.1, 0.15) is 5.60 Å². The van der Waals surface area contributed by atoms with E-state index < -0.39 is 35.0 Å². The van der Waals surface area contributed by atoms with Gasteiger partial charge in [0.2, 0.25) is 0 Å². The number of nitrogens with zero attached hydrogens (tertiary/aromatic N) is 3. The highest BCUT2D eigenvalue weighted by molar-refractivity contribution is 5.89. The zero-order valence-electron chi connectivity index (χ0n) is 13.7. The van der Waals surface area contributed by atoms with Gasteiger partial charge in [-0.1, -0.05) is 12.1 Å². The molecule has 1 aromatic carbocycles. The van der Waals surface area contributed by atoms with Crippen LogP contribution in [-0.2, 0) is 16.0 Å². The Kier molecular flexibility index (Phi) is 6.51. The van der Waals surface area contributed by atoms with E-state index in [1.165, 1.54) is 24.3 Å². The standard InChI is InChI=1S/C15H19N4O5/c1-15(2,3)24-14(21)18-12(13(20)9-17-16)8-10-4-6-11(7-5-10)19(22)23/h4-7,12H,8-9H2,1-3H3,(H,18,21)/q-1/t12-/m0/s1. The largest absolute Gasteiger partial charge is 0.712 e. The first-order chi connectivity index (χ1) is 11.1. The number of alkyl carbamates (subject to hydrolysis) is 1. The zero-order valence-corrected chi connectivity index (χ0v) is 13.7. The molecule has 24 heavy (non-hydrogen) atoms. The molecule has 0 unspecified atom stereocenters. The highest BCUT2D eigenvalue weighted by Crippen LogP contribution is 2.14. The maximum atomic E-state index is 12.0. The molecular weight excluding hydrogens is 316 g/mol. The summed E-state index contributed by atoms with van der Waals surface area (Å²) in [4.78, 5) is 33.9. The van der Waals surface area contributed by atoms with Gasteiger partial charge in [0.05, 0.1) is 17.5 Å². The number of non-ortho nitro benzene ring substituents is 1. The molecule has 130 valence electrons. The van der Waals surface area contributed by atoms with Crippen molar-refractivity contribution in [3.63, 3.8) is 0 Å². The summed E-state index contributed by atoms with van der Waals surface area (Å²) in [6.45, 7) is 4.57. The summed E-state index contributed by atoms with van der Waals surface area (Å²) in [5, 5.41) is 15.9. The Labute approximate surface area is 139 Å². The number of nitrogens with one attached hydrogen (secondary N) is 1. The molecule has 0 saturated carbocycles. The molecule has 1 amide bonds. The van der Waals surface area contributed by atoms with Gasteiger partial charge in [-0.3, -0.25) is 14.9 Å². The van der Waals surface area contributed by atoms with E-state index in [0.29, 0.717) is 5.56 Å². The number of nitro groups is 1. The number of carbonyl (C=O) groups excluding carboxylic acids is 2. The molecule has 1 atom stereocenters. The van der Waals surface area contributed by atoms with Gasteiger partial charge in [0.15, 0.2) is 5.78 Å². The van der Waals surface area contributed by atoms with E-state index >= 15 is 0 Å². The summed E-state index contributed by atoms with van der Waals surface area (Å²) < 4.78 is 5.10. The van der Waals surface area contributed by atoms with Crippen molar-refractivity contribution >= 4 is 17.6 Å². The van der Waals surface area contributed by atoms with E-state index in [2.05, 4.69) is 10.4 Å². The summed E-state index contributed by atoms with van der Waals surface area (Å²) >= 11 is 0. The summed E-state index contributed by atoms with van der Waals surface area (Å²) in [7, 11) is 0. The third-order valence-corrected chi connectivity index (χ3v) is 2.89. The van der Waals surface area contributed by atoms with Crippen molar-refractivity contribution in [1.82, 2.24) is 5.32 Å². The van der Waals surface area contributed by atoms with Gasteiger partial charge in [-0.25, -0.2) is 4.79 Å². The first-order valence-corrected chi connectivity index (χ1v) is 7.19. The molecule has 0 aliphatic heterocycles. The predicted molar refractivity (Wildman–Crippen MR) is 85.6 cm³/mol. The van der Waals surface area contributed by atoms with Gasteiger partial charge in [-0.05, 0) is 32.8 Å². The third kappa shape index (κ3) is 6.51. The van der Waals surface area contributed by atoms with Crippen LogP contribution in [-0.4, -0.2) is 35.0 Å². The van der Waals surface area contributed by atoms with Crippen molar-refractivity contribution in [3.05, 3.63) is 45.5 Å². The molecular formula is C15H19N4O5-. The van der Waals surface area contributed by atoms with Crippen molar-refractivity contribution in [2.75, 3.05) is 6.54 Å². The van der Waals surface area contributed by atoms with E-state index in [1.807, 2.05) is 0 Å². The molecule has 0 aromatic heterocycles. The lowest BCUT2D eigenvalue weighted by molar-refractivity contribution is -0.384. The number of rotatable bonds is 7. The van der Waals surface area contributed by atoms with Crippen molar-refractivity contribution in [2.45, 2.75) is 38.8 Å². The molecule has 0 aliphatic rings. The average molecular weight is 335 g/mol. The Morgan fingerprint density at radius 3 is 2.38 bits per heavy atom. The number of Topliss-reactive ketones (excluding diaryl/α,β-unsaturated/α-hetero) is 1. The molecule has 0 saturated heterocycles. The fraction of sp³-hybridized carbons (Fsp3) is 0.467. The molecule has 0 bridgehead atoms. The molecule has 1 N–H and O–H groups in total. The van der Waals surface area contributed by atoms with Crippen LogP contribution < -0.4 is 5.32 Å². The SMILES string of the molecule is CC(C)(C)OC(=O)N[C@@H](Cc1ccc([N+](=O)[O-])cc1)C(=O)CN=[N-]. The van der Waals surface area contributed by atoms with Crippen LogP contribution in [0.1, 0.15) is 26.3 Å². The van der Waals surface area contributed by atoms with Gasteiger partial charge in [0, 0.05) is 12.1 Å². The van der Waals surface area contributed by atoms with E-state index in [1.54, 1.807) is 20.8 Å². The zero-order chi connectivity index (χ0) is 18.3. The van der Waals surface area contributed by atoms with E-state index in [9.17, 15) is 19.7 Å². The highest BCUT2D eigenvalue weighted by atomic mass is 16.6. The Morgan fingerprint density at radius 2 is 1.92 bits per heavy atom. The number of nitro benzene ring substituents is 1. The Hall–Kier alpha value is -2.84. The predicted octanol–water partition coefficient (Wildman–Crippen LogP) is 2.62. The molecule has 0 spiro atoms. The number of hydrogen-bond donors (Lipinski definition) is 1. The molecule has 0 radical (unpaired) electrons. The number of amides is 1. The van der Waals surface area contributed by atoms with Gasteiger partial charge in [-0.2, -0.15) is 0 Å². The van der Waals surface area contributed by atoms with E-state index in [-0.39, 0.29) is 12.1 Å². The van der Waals surface area contributed by atoms with E-state index in [4.69, 9.17) is 10.3 Å². The molecule has 0 heterocycles. The van der Waals surface area contributed by atoms with Crippen molar-refractivity contribution in [2.24, 2.45) is 5.11 Å². The number of benzene rings is 1. The van der Waals surface area contributed by atoms with Crippen molar-refractivity contribution in [3.8, 4) is 0 Å². The van der Waals surface area contributed by atoms with Crippen molar-refractivity contribution < 1.29 is 19.2 Å². The Morgan fingerprint density at radius 1 is 1.33 bits per heavy atom. The van der Waals surface area contributed by atoms with Crippen LogP contribution in [0.3, 0.4) is 0 Å². The smallest absolute Gasteiger partial charge is 0.408 e. The lowest BCUT2D eigenvalue weighted by atomic mass is 10.0. The minimum absolute atomic E-state index is 0.0768. The lowest BCUT2D eigenvalue weighted by Crippen LogP contribution is -2.45. The highest BCUT2D eigenvalue weighted by Gasteiger charge is 2.24. The summed E-state index contributed by atoms with van der Waals surface area (Å²) in [6.07, 6.45) is -0.688. The molecule has 0 aliphatic carbocycles. The monoisotopic (exact) mass is 335 g/mol. The van der Waals surface area contributed by atoms with Gasteiger partial charge >= 0.3 is 6.09 Å². The molecule has 1 rings (SSSR count). The first kappa shape index (κ1) is 19.2. The second kappa shape index (κ2) is 8.14. The second-order valence-corrected chi connectivity index (χ2v) is 6.09. The topological polar surface area (TPSA) is 133 Å². The fourth-order valence-electron chi connectivity index (χ4n) is 1.86. The molecule has 9 heteroatoms. The maximum absolute atomic E-state index is 12.0. The molecule has 9 nitrogen and oxygen atoms in total. The Balaban J connectivity index is 2.85. The normalized spacial score (nSPS) is 12.1. The van der Waals surface area contributed by atoms with Crippen LogP contribution in [0.5, 0.6) is 0 Å². The van der Waals surface area contributed by atoms with Gasteiger partial charge < -0.3 is 20.7 Å². The van der Waals surface area contributed by atoms with E-state index in [0.717, 1.165) is 0 Å². The molecule has 1 aromatic rings. The quantitative estimate of drug-likeness (QED) is 0.464. The lowest BCUT2D eigenvalue weighted by Gasteiger charge is -2.23. The maximum Gasteiger partial charge on any atom is 0.408 e. The number of hydrogen-bond acceptors (Lipinski definition) is 6. The Bertz CT molecular complexity index is 622. The third-order valence-electron chi connectivity index (χ3n) is 2.89. The average Bonchev–Trinajstić information content (AvgIpc) is 2.45. The first-order valence-electron chi connectivity index (χ1n) is 7.19. The minimum Gasteiger partial charge on any atom is -0.712 e. The summed E-state index contributed by atoms with van der Waals surface area (Å²) in [5.74, 6) is -0.512. The minimum atomic E-state index is -0.975. The van der Waals surface area contributed by atoms with Crippen LogP contribution in [0, 0.1) is 10.1 Å². The fourth-order valence-corrected chi connectivity index (χ4v) is 1.86. The number of ketones is 1. The molecule has 0 fully saturated rings. The van der Waals surface area contributed by atoms with Crippen molar-refractivity contribution in [1.29, 1.82) is 0 Å². The van der Waals surface area contributed by atoms with Gasteiger partial charge in [-0.15, -0.1) is 0 Å². The number of carbonyl (C=O) groups is 2. The van der Waals surface area contributed by atoms with Crippen LogP contribution in [0.4, 0.5) is 10.5 Å². The van der Waals surface area contributed by atoms with Crippen LogP contribution >= 0.6 is 0 Å². The van der Waals surface area contributed by atoms with Crippen LogP contribution in [0.15, 0.2) is 29.4 Å². The second-order valence-electron chi connectivity index (χ2n) is 6.09. The summed E-state index contributed by atoms with van der Waals surface area (Å²) in [5.41, 5.74) is 8.35. The van der Waals surface area contributed by atoms with Crippen LogP contribution in [0.25, 0.3) is 5.53 Å². The van der Waals surface area contributed by atoms with Gasteiger partial charge in [0.25, 0.3) is 5.69 Å². The summed E-state index contributed by atoms with van der Waals surface area (Å²) in [6, 6.07) is 4.62. The van der Waals surface area contributed by atoms with Crippen LogP contribution in [0.2, 0.25) is 0 Å².